The van der Waals surface area contributed by atoms with Gasteiger partial charge in [-0.05, 0) is 12.8 Å². The van der Waals surface area contributed by atoms with E-state index in [9.17, 15) is 14.4 Å². The van der Waals surface area contributed by atoms with Gasteiger partial charge in [-0.3, -0.25) is 14.4 Å². The van der Waals surface area contributed by atoms with Crippen molar-refractivity contribution < 1.29 is 19.1 Å². The molecule has 0 aliphatic rings. The van der Waals surface area contributed by atoms with E-state index >= 15 is 0 Å². The molecule has 0 aromatic carbocycles. The second-order valence-electron chi connectivity index (χ2n) is 4.65. The van der Waals surface area contributed by atoms with Gasteiger partial charge < -0.3 is 15.0 Å². The summed E-state index contributed by atoms with van der Waals surface area (Å²) in [7, 11) is 1.33. The summed E-state index contributed by atoms with van der Waals surface area (Å²) in [6.07, 6.45) is 1.71. The molecule has 20 heavy (non-hydrogen) atoms. The van der Waals surface area contributed by atoms with Crippen LogP contribution in [0.1, 0.15) is 40.0 Å². The van der Waals surface area contributed by atoms with Gasteiger partial charge in [0.15, 0.2) is 0 Å². The third-order valence-electron chi connectivity index (χ3n) is 3.22. The van der Waals surface area contributed by atoms with Gasteiger partial charge >= 0.3 is 5.97 Å². The molecule has 0 atom stereocenters. The van der Waals surface area contributed by atoms with Gasteiger partial charge in [0.25, 0.3) is 0 Å². The van der Waals surface area contributed by atoms with Crippen LogP contribution in [-0.2, 0) is 19.1 Å². The molecule has 6 nitrogen and oxygen atoms in total. The van der Waals surface area contributed by atoms with Crippen molar-refractivity contribution in [3.8, 4) is 0 Å². The number of esters is 1. The Morgan fingerprint density at radius 1 is 1.15 bits per heavy atom. The van der Waals surface area contributed by atoms with Crippen LogP contribution >= 0.6 is 0 Å². The zero-order chi connectivity index (χ0) is 15.5. The van der Waals surface area contributed by atoms with Crippen molar-refractivity contribution in [3.63, 3.8) is 0 Å². The number of carbonyl (C=O) groups is 3. The minimum absolute atomic E-state index is 0.0317. The molecule has 0 saturated carbocycles. The van der Waals surface area contributed by atoms with E-state index in [-0.39, 0.29) is 30.1 Å². The average Bonchev–Trinajstić information content (AvgIpc) is 2.42. The summed E-state index contributed by atoms with van der Waals surface area (Å²) >= 11 is 0. The molecule has 0 rings (SSSR count). The number of nitrogens with zero attached hydrogens (tertiary/aromatic N) is 1. The summed E-state index contributed by atoms with van der Waals surface area (Å²) in [6.45, 7) is 6.49. The molecule has 0 unspecified atom stereocenters. The molecular weight excluding hydrogens is 260 g/mol. The second-order valence-corrected chi connectivity index (χ2v) is 4.65. The van der Waals surface area contributed by atoms with Gasteiger partial charge in [-0.1, -0.05) is 13.8 Å². The highest BCUT2D eigenvalue weighted by atomic mass is 16.5. The van der Waals surface area contributed by atoms with Crippen LogP contribution < -0.4 is 5.32 Å². The molecule has 0 radical (unpaired) electrons. The lowest BCUT2D eigenvalue weighted by Crippen LogP contribution is -2.42. The van der Waals surface area contributed by atoms with E-state index in [1.807, 2.05) is 13.8 Å². The van der Waals surface area contributed by atoms with Gasteiger partial charge in [-0.2, -0.15) is 0 Å². The predicted molar refractivity (Wildman–Crippen MR) is 76.0 cm³/mol. The van der Waals surface area contributed by atoms with E-state index in [2.05, 4.69) is 10.1 Å². The Morgan fingerprint density at radius 2 is 1.75 bits per heavy atom. The van der Waals surface area contributed by atoms with E-state index in [0.29, 0.717) is 19.6 Å². The molecule has 0 aromatic rings. The second kappa shape index (κ2) is 10.2. The zero-order valence-corrected chi connectivity index (χ0v) is 12.9. The molecule has 0 fully saturated rings. The fourth-order valence-corrected chi connectivity index (χ4v) is 1.92. The number of rotatable bonds is 9. The van der Waals surface area contributed by atoms with Crippen LogP contribution in [-0.4, -0.2) is 49.4 Å². The molecule has 0 bridgehead atoms. The Bertz CT molecular complexity index is 327. The van der Waals surface area contributed by atoms with Crippen LogP contribution in [0.2, 0.25) is 0 Å². The summed E-state index contributed by atoms with van der Waals surface area (Å²) in [5, 5.41) is 2.66. The molecule has 6 heteroatoms. The summed E-state index contributed by atoms with van der Waals surface area (Å²) in [6, 6.07) is 0. The summed E-state index contributed by atoms with van der Waals surface area (Å²) in [4.78, 5) is 36.0. The molecule has 0 spiro atoms. The van der Waals surface area contributed by atoms with Gasteiger partial charge in [0.1, 0.15) is 0 Å². The van der Waals surface area contributed by atoms with Crippen molar-refractivity contribution in [2.75, 3.05) is 26.7 Å². The van der Waals surface area contributed by atoms with Crippen molar-refractivity contribution in [2.45, 2.75) is 40.0 Å². The third-order valence-corrected chi connectivity index (χ3v) is 3.22. The fraction of sp³-hybridized carbons (Fsp3) is 0.786. The molecule has 0 heterocycles. The molecule has 0 saturated heterocycles. The first-order valence-corrected chi connectivity index (χ1v) is 7.06. The lowest BCUT2D eigenvalue weighted by atomic mass is 10.0. The number of hydrogen-bond donors (Lipinski definition) is 1. The van der Waals surface area contributed by atoms with Crippen molar-refractivity contribution in [2.24, 2.45) is 5.92 Å². The highest BCUT2D eigenvalue weighted by Gasteiger charge is 2.21. The SMILES string of the molecule is CCC(CC)C(=O)N(CCNC(C)=O)CCC(=O)OC. The Labute approximate surface area is 120 Å². The number of hydrogen-bond acceptors (Lipinski definition) is 4. The zero-order valence-electron chi connectivity index (χ0n) is 12.9. The first-order chi connectivity index (χ1) is 9.46. The minimum atomic E-state index is -0.341. The van der Waals surface area contributed by atoms with E-state index in [4.69, 9.17) is 0 Å². The Hall–Kier alpha value is -1.59. The van der Waals surface area contributed by atoms with E-state index in [0.717, 1.165) is 12.8 Å². The monoisotopic (exact) mass is 286 g/mol. The lowest BCUT2D eigenvalue weighted by molar-refractivity contribution is -0.142. The van der Waals surface area contributed by atoms with E-state index in [1.54, 1.807) is 4.90 Å². The number of carbonyl (C=O) groups excluding carboxylic acids is 3. The number of methoxy groups -OCH3 is 1. The van der Waals surface area contributed by atoms with Gasteiger partial charge in [0.05, 0.1) is 13.5 Å². The number of nitrogens with one attached hydrogen (secondary N) is 1. The third kappa shape index (κ3) is 7.11. The van der Waals surface area contributed by atoms with Crippen molar-refractivity contribution in [1.29, 1.82) is 0 Å². The minimum Gasteiger partial charge on any atom is -0.469 e. The topological polar surface area (TPSA) is 75.7 Å². The van der Waals surface area contributed by atoms with Crippen LogP contribution in [0.25, 0.3) is 0 Å². The fourth-order valence-electron chi connectivity index (χ4n) is 1.92. The number of ether oxygens (including phenoxy) is 1. The highest BCUT2D eigenvalue weighted by molar-refractivity contribution is 5.79. The molecule has 0 aliphatic heterocycles. The van der Waals surface area contributed by atoms with Gasteiger partial charge in [0, 0.05) is 32.5 Å². The predicted octanol–water partition coefficient (Wildman–Crippen LogP) is 0.950. The molecule has 2 amide bonds. The summed E-state index contributed by atoms with van der Waals surface area (Å²) < 4.78 is 4.59. The quantitative estimate of drug-likeness (QED) is 0.640. The number of amides is 2. The van der Waals surface area contributed by atoms with Crippen LogP contribution in [0.5, 0.6) is 0 Å². The van der Waals surface area contributed by atoms with Crippen LogP contribution in [0.4, 0.5) is 0 Å². The van der Waals surface area contributed by atoms with Crippen LogP contribution in [0, 0.1) is 5.92 Å². The lowest BCUT2D eigenvalue weighted by Gasteiger charge is -2.26. The van der Waals surface area contributed by atoms with E-state index < -0.39 is 0 Å². The van der Waals surface area contributed by atoms with Crippen LogP contribution in [0.15, 0.2) is 0 Å². The van der Waals surface area contributed by atoms with Gasteiger partial charge in [-0.25, -0.2) is 0 Å². The Kier molecular flexibility index (Phi) is 9.41. The molecular formula is C14H26N2O4. The highest BCUT2D eigenvalue weighted by Crippen LogP contribution is 2.12. The smallest absolute Gasteiger partial charge is 0.307 e. The molecule has 0 aliphatic carbocycles. The average molecular weight is 286 g/mol. The van der Waals surface area contributed by atoms with Gasteiger partial charge in [-0.15, -0.1) is 0 Å². The van der Waals surface area contributed by atoms with E-state index in [1.165, 1.54) is 14.0 Å². The maximum atomic E-state index is 12.3. The van der Waals surface area contributed by atoms with Gasteiger partial charge in [0.2, 0.25) is 11.8 Å². The van der Waals surface area contributed by atoms with Crippen molar-refractivity contribution in [3.05, 3.63) is 0 Å². The normalized spacial score (nSPS) is 10.2. The Balaban J connectivity index is 4.54. The standard InChI is InChI=1S/C14H26N2O4/c1-5-12(6-2)14(19)16(9-7-13(18)20-4)10-8-15-11(3)17/h12H,5-10H2,1-4H3,(H,15,17). The Morgan fingerprint density at radius 3 is 2.20 bits per heavy atom. The summed E-state index contributed by atoms with van der Waals surface area (Å²) in [5.41, 5.74) is 0. The summed E-state index contributed by atoms with van der Waals surface area (Å²) in [5.74, 6) is -0.478. The molecule has 1 N–H and O–H groups in total. The van der Waals surface area contributed by atoms with Crippen molar-refractivity contribution in [1.82, 2.24) is 10.2 Å². The largest absolute Gasteiger partial charge is 0.469 e. The maximum Gasteiger partial charge on any atom is 0.307 e. The first kappa shape index (κ1) is 18.4. The van der Waals surface area contributed by atoms with Crippen molar-refractivity contribution >= 4 is 17.8 Å². The molecule has 0 aromatic heterocycles. The molecule has 116 valence electrons. The first-order valence-electron chi connectivity index (χ1n) is 7.06. The maximum absolute atomic E-state index is 12.3. The van der Waals surface area contributed by atoms with Crippen LogP contribution in [0.3, 0.4) is 0 Å².